The van der Waals surface area contributed by atoms with E-state index in [1.165, 1.54) is 13.0 Å². The lowest BCUT2D eigenvalue weighted by Gasteiger charge is -2.13. The number of halogens is 4. The molecule has 124 valence electrons. The monoisotopic (exact) mass is 336 g/mol. The second-order valence-corrected chi connectivity index (χ2v) is 5.50. The van der Waals surface area contributed by atoms with Crippen molar-refractivity contribution >= 4 is 11.5 Å². The Kier molecular flexibility index (Phi) is 3.91. The topological polar surface area (TPSA) is 37.3 Å². The first kappa shape index (κ1) is 16.2. The van der Waals surface area contributed by atoms with Crippen molar-refractivity contribution in [1.29, 1.82) is 0 Å². The molecule has 6 heteroatoms. The number of carboxylic acid groups (broad SMARTS) is 1. The molecule has 0 saturated heterocycles. The molecule has 0 radical (unpaired) electrons. The molecular formula is C18H12F4O2. The van der Waals surface area contributed by atoms with Gasteiger partial charge in [0.05, 0.1) is 0 Å². The quantitative estimate of drug-likeness (QED) is 0.672. The number of hydrogen-bond donors (Lipinski definition) is 1. The maximum absolute atomic E-state index is 14.7. The maximum Gasteiger partial charge on any atom is 0.332 e. The van der Waals surface area contributed by atoms with Crippen LogP contribution in [0.4, 0.5) is 17.6 Å². The first-order chi connectivity index (χ1) is 11.3. The molecule has 24 heavy (non-hydrogen) atoms. The molecule has 0 aromatic heterocycles. The number of hydrogen-bond acceptors (Lipinski definition) is 1. The van der Waals surface area contributed by atoms with E-state index in [0.717, 1.165) is 12.1 Å². The molecule has 3 rings (SSSR count). The van der Waals surface area contributed by atoms with Gasteiger partial charge < -0.3 is 5.11 Å². The van der Waals surface area contributed by atoms with Crippen LogP contribution in [0.3, 0.4) is 0 Å². The Morgan fingerprint density at radius 2 is 1.79 bits per heavy atom. The predicted molar refractivity (Wildman–Crippen MR) is 79.5 cm³/mol. The van der Waals surface area contributed by atoms with Crippen LogP contribution in [0.1, 0.15) is 29.2 Å². The molecule has 0 atom stereocenters. The molecular weight excluding hydrogens is 324 g/mol. The minimum absolute atomic E-state index is 0.0383. The number of carbonyl (C=O) groups is 1. The molecule has 0 aliphatic heterocycles. The van der Waals surface area contributed by atoms with Crippen molar-refractivity contribution in [2.24, 2.45) is 0 Å². The maximum atomic E-state index is 14.7. The summed E-state index contributed by atoms with van der Waals surface area (Å²) in [7, 11) is 0. The molecule has 0 heterocycles. The fourth-order valence-corrected chi connectivity index (χ4v) is 3.03. The van der Waals surface area contributed by atoms with Crippen LogP contribution in [0, 0.1) is 23.3 Å². The summed E-state index contributed by atoms with van der Waals surface area (Å²) >= 11 is 0. The molecule has 1 N–H and O–H groups in total. The highest BCUT2D eigenvalue weighted by molar-refractivity contribution is 6.04. The minimum Gasteiger partial charge on any atom is -0.478 e. The van der Waals surface area contributed by atoms with Gasteiger partial charge in [0, 0.05) is 28.7 Å². The smallest absolute Gasteiger partial charge is 0.332 e. The average Bonchev–Trinajstić information content (AvgIpc) is 2.90. The first-order valence-corrected chi connectivity index (χ1v) is 7.27. The normalized spacial score (nSPS) is 13.4. The number of aliphatic carboxylic acids is 1. The van der Waals surface area contributed by atoms with Gasteiger partial charge in [0.2, 0.25) is 0 Å². The van der Waals surface area contributed by atoms with Crippen LogP contribution < -0.4 is 0 Å². The number of benzene rings is 2. The second kappa shape index (κ2) is 5.78. The van der Waals surface area contributed by atoms with Gasteiger partial charge in [-0.3, -0.25) is 0 Å². The minimum atomic E-state index is -1.32. The van der Waals surface area contributed by atoms with Gasteiger partial charge >= 0.3 is 5.97 Å². The van der Waals surface area contributed by atoms with E-state index in [0.29, 0.717) is 17.2 Å². The van der Waals surface area contributed by atoms with Crippen molar-refractivity contribution < 1.29 is 27.5 Å². The van der Waals surface area contributed by atoms with Crippen molar-refractivity contribution in [3.05, 3.63) is 75.4 Å². The summed E-state index contributed by atoms with van der Waals surface area (Å²) in [5.74, 6) is -5.41. The van der Waals surface area contributed by atoms with E-state index >= 15 is 0 Å². The standard InChI is InChI=1S/C18H12F4O2/c1-2-10-16(21)12(7-14(20)17(10)22)15-11-4-3-9(19)5-8(11)6-13(15)18(23)24/h3-5,7H,2,6H2,1H3,(H,23,24). The zero-order chi connectivity index (χ0) is 17.6. The van der Waals surface area contributed by atoms with Crippen LogP contribution in [0.5, 0.6) is 0 Å². The highest BCUT2D eigenvalue weighted by atomic mass is 19.2. The summed E-state index contributed by atoms with van der Waals surface area (Å²) in [6.07, 6.45) is -0.202. The van der Waals surface area contributed by atoms with Crippen molar-refractivity contribution in [2.45, 2.75) is 19.8 Å². The molecule has 1 aliphatic rings. The molecule has 0 spiro atoms. The molecule has 1 aliphatic carbocycles. The van der Waals surface area contributed by atoms with Crippen molar-refractivity contribution in [3.63, 3.8) is 0 Å². The van der Waals surface area contributed by atoms with Gasteiger partial charge in [0.1, 0.15) is 11.6 Å². The fourth-order valence-electron chi connectivity index (χ4n) is 3.03. The van der Waals surface area contributed by atoms with Crippen LogP contribution in [0.25, 0.3) is 5.57 Å². The van der Waals surface area contributed by atoms with Gasteiger partial charge in [0.15, 0.2) is 11.6 Å². The number of rotatable bonds is 3. The van der Waals surface area contributed by atoms with E-state index in [9.17, 15) is 27.5 Å². The molecule has 0 amide bonds. The molecule has 2 nitrogen and oxygen atoms in total. The van der Waals surface area contributed by atoms with Crippen LogP contribution in [0.15, 0.2) is 29.8 Å². The zero-order valence-electron chi connectivity index (χ0n) is 12.6. The SMILES string of the molecule is CCc1c(F)c(F)cc(C2=C(C(=O)O)Cc3cc(F)ccc32)c1F. The van der Waals surface area contributed by atoms with E-state index in [4.69, 9.17) is 0 Å². The molecule has 2 aromatic rings. The van der Waals surface area contributed by atoms with Gasteiger partial charge in [0.25, 0.3) is 0 Å². The van der Waals surface area contributed by atoms with Crippen LogP contribution in [-0.4, -0.2) is 11.1 Å². The molecule has 2 aromatic carbocycles. The zero-order valence-corrected chi connectivity index (χ0v) is 12.6. The summed E-state index contributed by atoms with van der Waals surface area (Å²) < 4.78 is 55.6. The Hall–Kier alpha value is -2.63. The lowest BCUT2D eigenvalue weighted by molar-refractivity contribution is -0.132. The van der Waals surface area contributed by atoms with Crippen LogP contribution in [0.2, 0.25) is 0 Å². The van der Waals surface area contributed by atoms with Gasteiger partial charge in [-0.15, -0.1) is 0 Å². The Balaban J connectivity index is 2.33. The van der Waals surface area contributed by atoms with Gasteiger partial charge in [-0.1, -0.05) is 13.0 Å². The average molecular weight is 336 g/mol. The van der Waals surface area contributed by atoms with E-state index in [1.54, 1.807) is 0 Å². The molecule has 0 bridgehead atoms. The fraction of sp³-hybridized carbons (Fsp3) is 0.167. The van der Waals surface area contributed by atoms with Gasteiger partial charge in [-0.25, -0.2) is 22.4 Å². The largest absolute Gasteiger partial charge is 0.478 e. The first-order valence-electron chi connectivity index (χ1n) is 7.27. The predicted octanol–water partition coefficient (Wildman–Crippen LogP) is 4.25. The third-order valence-corrected chi connectivity index (χ3v) is 4.13. The summed E-state index contributed by atoms with van der Waals surface area (Å²) in [4.78, 5) is 11.5. The highest BCUT2D eigenvalue weighted by Gasteiger charge is 2.31. The number of fused-ring (bicyclic) bond motifs is 1. The second-order valence-electron chi connectivity index (χ2n) is 5.50. The third-order valence-electron chi connectivity index (χ3n) is 4.13. The van der Waals surface area contributed by atoms with Crippen molar-refractivity contribution in [1.82, 2.24) is 0 Å². The summed E-state index contributed by atoms with van der Waals surface area (Å²) in [6.45, 7) is 1.47. The van der Waals surface area contributed by atoms with Crippen molar-refractivity contribution in [3.8, 4) is 0 Å². The van der Waals surface area contributed by atoms with E-state index in [-0.39, 0.29) is 29.6 Å². The Morgan fingerprint density at radius 3 is 2.42 bits per heavy atom. The summed E-state index contributed by atoms with van der Waals surface area (Å²) in [5.41, 5.74) is -0.317. The van der Waals surface area contributed by atoms with Gasteiger partial charge in [-0.05, 0) is 35.7 Å². The van der Waals surface area contributed by atoms with E-state index in [1.807, 2.05) is 0 Å². The molecule has 0 fully saturated rings. The summed E-state index contributed by atoms with van der Waals surface area (Å²) in [6, 6.07) is 4.24. The Bertz CT molecular complexity index is 900. The van der Waals surface area contributed by atoms with Gasteiger partial charge in [-0.2, -0.15) is 0 Å². The number of carboxylic acids is 1. The Labute approximate surface area is 135 Å². The molecule has 0 saturated carbocycles. The van der Waals surface area contributed by atoms with Crippen molar-refractivity contribution in [2.75, 3.05) is 0 Å². The van der Waals surface area contributed by atoms with E-state index in [2.05, 4.69) is 0 Å². The highest BCUT2D eigenvalue weighted by Crippen LogP contribution is 2.40. The van der Waals surface area contributed by atoms with Crippen LogP contribution in [-0.2, 0) is 17.6 Å². The lowest BCUT2D eigenvalue weighted by Crippen LogP contribution is -2.07. The Morgan fingerprint density at radius 1 is 1.08 bits per heavy atom. The molecule has 0 unspecified atom stereocenters. The lowest BCUT2D eigenvalue weighted by atomic mass is 9.94. The summed E-state index contributed by atoms with van der Waals surface area (Å²) in [5, 5.41) is 9.39. The van der Waals surface area contributed by atoms with E-state index < -0.39 is 34.8 Å². The van der Waals surface area contributed by atoms with Crippen LogP contribution >= 0.6 is 0 Å². The third kappa shape index (κ3) is 2.38.